The van der Waals surface area contributed by atoms with Crippen molar-refractivity contribution in [3.8, 4) is 0 Å². The summed E-state index contributed by atoms with van der Waals surface area (Å²) in [7, 11) is -0.565. The van der Waals surface area contributed by atoms with Gasteiger partial charge in [-0.2, -0.15) is 11.8 Å². The molecule has 0 spiro atoms. The normalized spacial score (nSPS) is 24.6. The van der Waals surface area contributed by atoms with Crippen LogP contribution in [0, 0.1) is 0 Å². The Labute approximate surface area is 87.3 Å². The van der Waals surface area contributed by atoms with Gasteiger partial charge in [-0.3, -0.25) is 4.21 Å². The molecule has 2 aliphatic rings. The summed E-state index contributed by atoms with van der Waals surface area (Å²) in [5.74, 6) is 4.31. The Morgan fingerprint density at radius 3 is 1.85 bits per heavy atom. The fraction of sp³-hybridized carbons (Fsp3) is 1.00. The van der Waals surface area contributed by atoms with E-state index in [2.05, 4.69) is 11.8 Å². The molecule has 0 aromatic heterocycles. The van der Waals surface area contributed by atoms with E-state index < -0.39 is 10.8 Å². The van der Waals surface area contributed by atoms with E-state index in [0.29, 0.717) is 13.2 Å². The van der Waals surface area contributed by atoms with Crippen LogP contribution in [0.3, 0.4) is 0 Å². The third-order valence-corrected chi connectivity index (χ3v) is 4.39. The van der Waals surface area contributed by atoms with Gasteiger partial charge in [-0.25, -0.2) is 0 Å². The zero-order valence-corrected chi connectivity index (χ0v) is 9.63. The van der Waals surface area contributed by atoms with Gasteiger partial charge in [0.25, 0.3) is 0 Å². The lowest BCUT2D eigenvalue weighted by Crippen LogP contribution is -2.19. The second kappa shape index (κ2) is 7.83. The zero-order chi connectivity index (χ0) is 9.36. The molecule has 2 heterocycles. The molecule has 0 radical (unpaired) electrons. The second-order valence-corrected chi connectivity index (χ2v) is 6.05. The number of hydrogen-bond donors (Lipinski definition) is 0. The highest BCUT2D eigenvalue weighted by molar-refractivity contribution is 7.99. The van der Waals surface area contributed by atoms with Gasteiger partial charge in [-0.1, -0.05) is 6.42 Å². The Balaban J connectivity index is 0.000000132. The van der Waals surface area contributed by atoms with E-state index in [0.717, 1.165) is 11.5 Å². The molecule has 0 aliphatic carbocycles. The minimum absolute atomic E-state index is 0.565. The van der Waals surface area contributed by atoms with Gasteiger partial charge in [0.1, 0.15) is 0 Å². The molecule has 0 amide bonds. The van der Waals surface area contributed by atoms with Gasteiger partial charge in [0, 0.05) is 22.3 Å². The molecule has 0 N–H and O–H groups in total. The Morgan fingerprint density at radius 2 is 1.62 bits per heavy atom. The van der Waals surface area contributed by atoms with Crippen LogP contribution in [0.1, 0.15) is 19.3 Å². The molecule has 0 saturated carbocycles. The van der Waals surface area contributed by atoms with Crippen LogP contribution in [-0.4, -0.2) is 40.4 Å². The van der Waals surface area contributed by atoms with Crippen molar-refractivity contribution in [1.29, 1.82) is 0 Å². The average molecular weight is 222 g/mol. The van der Waals surface area contributed by atoms with Gasteiger partial charge in [0.05, 0.1) is 13.2 Å². The van der Waals surface area contributed by atoms with Gasteiger partial charge in [0.15, 0.2) is 0 Å². The lowest BCUT2D eigenvalue weighted by Gasteiger charge is -2.08. The molecule has 4 heteroatoms. The fourth-order valence-corrected chi connectivity index (χ4v) is 3.03. The molecule has 0 aromatic carbocycles. The van der Waals surface area contributed by atoms with Gasteiger partial charge < -0.3 is 4.74 Å². The van der Waals surface area contributed by atoms with Crippen molar-refractivity contribution in [3.05, 3.63) is 0 Å². The van der Waals surface area contributed by atoms with Crippen LogP contribution in [0.4, 0.5) is 0 Å². The van der Waals surface area contributed by atoms with E-state index in [9.17, 15) is 4.21 Å². The van der Waals surface area contributed by atoms with Gasteiger partial charge in [-0.15, -0.1) is 0 Å². The molecule has 2 rings (SSSR count). The third kappa shape index (κ3) is 6.52. The van der Waals surface area contributed by atoms with Gasteiger partial charge in [-0.05, 0) is 24.3 Å². The highest BCUT2D eigenvalue weighted by Crippen LogP contribution is 2.14. The first kappa shape index (κ1) is 11.5. The number of thioether (sulfide) groups is 1. The number of rotatable bonds is 0. The van der Waals surface area contributed by atoms with Crippen LogP contribution in [0.5, 0.6) is 0 Å². The molecule has 2 fully saturated rings. The predicted molar refractivity (Wildman–Crippen MR) is 59.9 cm³/mol. The van der Waals surface area contributed by atoms with Crippen LogP contribution < -0.4 is 0 Å². The van der Waals surface area contributed by atoms with Crippen molar-refractivity contribution >= 4 is 22.6 Å². The quantitative estimate of drug-likeness (QED) is 0.623. The van der Waals surface area contributed by atoms with Crippen LogP contribution in [-0.2, 0) is 15.5 Å². The van der Waals surface area contributed by atoms with Crippen molar-refractivity contribution < 1.29 is 8.95 Å². The van der Waals surface area contributed by atoms with Crippen molar-refractivity contribution in [2.24, 2.45) is 0 Å². The first-order chi connectivity index (χ1) is 6.39. The third-order valence-electron chi connectivity index (χ3n) is 1.99. The Bertz CT molecular complexity index is 127. The summed E-state index contributed by atoms with van der Waals surface area (Å²) in [4.78, 5) is 0. The maximum atomic E-state index is 10.5. The molecule has 0 atom stereocenters. The summed E-state index contributed by atoms with van der Waals surface area (Å²) in [6, 6.07) is 0. The first-order valence-corrected chi connectivity index (χ1v) is 7.54. The largest absolute Gasteiger partial charge is 0.380 e. The molecule has 0 aromatic rings. The SMILES string of the molecule is C1CCSCC1.O=S1CCOCC1. The van der Waals surface area contributed by atoms with E-state index in [-0.39, 0.29) is 0 Å². The molecular formula is C9H18O2S2. The summed E-state index contributed by atoms with van der Waals surface area (Å²) >= 11 is 2.09. The molecule has 2 aliphatic heterocycles. The lowest BCUT2D eigenvalue weighted by molar-refractivity contribution is 0.158. The van der Waals surface area contributed by atoms with E-state index in [1.807, 2.05) is 0 Å². The monoisotopic (exact) mass is 222 g/mol. The number of ether oxygens (including phenoxy) is 1. The van der Waals surface area contributed by atoms with Gasteiger partial charge in [0.2, 0.25) is 0 Å². The Hall–Kier alpha value is 0.460. The van der Waals surface area contributed by atoms with E-state index >= 15 is 0 Å². The van der Waals surface area contributed by atoms with Crippen LogP contribution in [0.2, 0.25) is 0 Å². The minimum Gasteiger partial charge on any atom is -0.380 e. The second-order valence-electron chi connectivity index (χ2n) is 3.13. The smallest absolute Gasteiger partial charge is 0.0582 e. The molecule has 78 valence electrons. The van der Waals surface area contributed by atoms with Crippen molar-refractivity contribution in [2.75, 3.05) is 36.2 Å². The molecule has 2 saturated heterocycles. The molecule has 0 bridgehead atoms. The van der Waals surface area contributed by atoms with Crippen LogP contribution >= 0.6 is 11.8 Å². The van der Waals surface area contributed by atoms with Crippen LogP contribution in [0.15, 0.2) is 0 Å². The standard InChI is InChI=1S/C5H10S.C4H8O2S/c1-2-4-6-5-3-1;5-7-3-1-6-2-4-7/h1-5H2;1-4H2. The maximum Gasteiger partial charge on any atom is 0.0582 e. The predicted octanol–water partition coefficient (Wildman–Crippen LogP) is 1.67. The van der Waals surface area contributed by atoms with Crippen molar-refractivity contribution in [2.45, 2.75) is 19.3 Å². The van der Waals surface area contributed by atoms with Crippen LogP contribution in [0.25, 0.3) is 0 Å². The van der Waals surface area contributed by atoms with E-state index in [4.69, 9.17) is 4.74 Å². The highest BCUT2D eigenvalue weighted by Gasteiger charge is 2.04. The van der Waals surface area contributed by atoms with Crippen molar-refractivity contribution in [3.63, 3.8) is 0 Å². The average Bonchev–Trinajstić information content (AvgIpc) is 2.22. The number of hydrogen-bond acceptors (Lipinski definition) is 3. The maximum absolute atomic E-state index is 10.5. The molecule has 13 heavy (non-hydrogen) atoms. The molecule has 0 unspecified atom stereocenters. The lowest BCUT2D eigenvalue weighted by atomic mass is 10.3. The summed E-state index contributed by atoms with van der Waals surface area (Å²) < 4.78 is 15.4. The Kier molecular flexibility index (Phi) is 6.94. The first-order valence-electron chi connectivity index (χ1n) is 4.90. The molecule has 2 nitrogen and oxygen atoms in total. The topological polar surface area (TPSA) is 26.3 Å². The summed E-state index contributed by atoms with van der Waals surface area (Å²) in [6.45, 7) is 1.37. The summed E-state index contributed by atoms with van der Waals surface area (Å²) in [6.07, 6.45) is 4.41. The van der Waals surface area contributed by atoms with E-state index in [1.54, 1.807) is 0 Å². The van der Waals surface area contributed by atoms with E-state index in [1.165, 1.54) is 30.8 Å². The fourth-order valence-electron chi connectivity index (χ4n) is 1.19. The van der Waals surface area contributed by atoms with Crippen molar-refractivity contribution in [1.82, 2.24) is 0 Å². The van der Waals surface area contributed by atoms with Gasteiger partial charge >= 0.3 is 0 Å². The molecular weight excluding hydrogens is 204 g/mol. The zero-order valence-electron chi connectivity index (χ0n) is 8.00. The Morgan fingerprint density at radius 1 is 1.00 bits per heavy atom. The highest BCUT2D eigenvalue weighted by atomic mass is 32.2. The summed E-state index contributed by atoms with van der Waals surface area (Å²) in [5, 5.41) is 0. The minimum atomic E-state index is -0.565. The summed E-state index contributed by atoms with van der Waals surface area (Å²) in [5.41, 5.74) is 0.